The maximum Gasteiger partial charge on any atom is 0.159 e. The number of carbonyl (C=O) groups is 1. The molecule has 2 rings (SSSR count). The van der Waals surface area contributed by atoms with Crippen molar-refractivity contribution in [1.29, 1.82) is 0 Å². The molecule has 80 valence electrons. The molecule has 1 aliphatic carbocycles. The van der Waals surface area contributed by atoms with Crippen molar-refractivity contribution in [3.8, 4) is 0 Å². The minimum absolute atomic E-state index is 0.135. The van der Waals surface area contributed by atoms with E-state index in [0.717, 1.165) is 5.56 Å². The number of Topliss-reactive ketones (excluding diaryl/α,β-unsaturated/α-hetero) is 1. The predicted molar refractivity (Wildman–Crippen MR) is 61.0 cm³/mol. The fourth-order valence-corrected chi connectivity index (χ4v) is 2.13. The second kappa shape index (κ2) is 3.46. The molecule has 1 aromatic rings. The summed E-state index contributed by atoms with van der Waals surface area (Å²) in [6.45, 7) is 1.61. The highest BCUT2D eigenvalue weighted by Crippen LogP contribution is 2.49. The molecule has 0 amide bonds. The zero-order valence-corrected chi connectivity index (χ0v) is 9.58. The molecule has 0 aromatic heterocycles. The van der Waals surface area contributed by atoms with E-state index in [-0.39, 0.29) is 11.3 Å². The average molecular weight is 203 g/mol. The normalized spacial score (nSPS) is 17.9. The first-order chi connectivity index (χ1) is 7.06. The molecule has 1 saturated carbocycles. The summed E-state index contributed by atoms with van der Waals surface area (Å²) in [5, 5.41) is 0. The van der Waals surface area contributed by atoms with Crippen LogP contribution in [0, 0.1) is 0 Å². The fourth-order valence-electron chi connectivity index (χ4n) is 2.13. The quantitative estimate of drug-likeness (QED) is 0.703. The summed E-state index contributed by atoms with van der Waals surface area (Å²) in [5.74, 6) is 0.135. The summed E-state index contributed by atoms with van der Waals surface area (Å²) in [6, 6.07) is 8.04. The Hall–Kier alpha value is -1.15. The number of hydrogen-bond acceptors (Lipinski definition) is 2. The standard InChI is InChI=1S/C13H17NO/c1-10(15)11-4-6-12(7-5-11)13(8-9-13)14(2)3/h4-7H,8-9H2,1-3H3. The monoisotopic (exact) mass is 203 g/mol. The smallest absolute Gasteiger partial charge is 0.159 e. The molecule has 0 unspecified atom stereocenters. The van der Waals surface area contributed by atoms with E-state index >= 15 is 0 Å². The van der Waals surface area contributed by atoms with Gasteiger partial charge in [-0.25, -0.2) is 0 Å². The van der Waals surface area contributed by atoms with Crippen molar-refractivity contribution >= 4 is 5.78 Å². The molecule has 0 atom stereocenters. The molecular weight excluding hydrogens is 186 g/mol. The Morgan fingerprint density at radius 2 is 1.73 bits per heavy atom. The molecule has 0 N–H and O–H groups in total. The van der Waals surface area contributed by atoms with Gasteiger partial charge in [-0.15, -0.1) is 0 Å². The van der Waals surface area contributed by atoms with E-state index in [1.54, 1.807) is 6.92 Å². The average Bonchev–Trinajstić information content (AvgIpc) is 2.98. The summed E-state index contributed by atoms with van der Waals surface area (Å²) >= 11 is 0. The van der Waals surface area contributed by atoms with Crippen LogP contribution in [-0.4, -0.2) is 24.8 Å². The lowest BCUT2D eigenvalue weighted by atomic mass is 10.0. The minimum atomic E-state index is 0.135. The highest BCUT2D eigenvalue weighted by Gasteiger charge is 2.46. The molecule has 0 heterocycles. The Morgan fingerprint density at radius 3 is 2.07 bits per heavy atom. The predicted octanol–water partition coefficient (Wildman–Crippen LogP) is 2.44. The van der Waals surface area contributed by atoms with Gasteiger partial charge < -0.3 is 0 Å². The van der Waals surface area contributed by atoms with Crippen LogP contribution in [0.2, 0.25) is 0 Å². The van der Waals surface area contributed by atoms with Gasteiger partial charge in [-0.1, -0.05) is 24.3 Å². The van der Waals surface area contributed by atoms with Crippen molar-refractivity contribution in [2.24, 2.45) is 0 Å². The maximum atomic E-state index is 11.1. The Kier molecular flexibility index (Phi) is 2.39. The lowest BCUT2D eigenvalue weighted by Crippen LogP contribution is -2.27. The Bertz CT molecular complexity index is 374. The van der Waals surface area contributed by atoms with Gasteiger partial charge in [-0.2, -0.15) is 0 Å². The lowest BCUT2D eigenvalue weighted by Gasteiger charge is -2.24. The van der Waals surface area contributed by atoms with Crippen LogP contribution in [-0.2, 0) is 5.54 Å². The van der Waals surface area contributed by atoms with Crippen LogP contribution in [0.3, 0.4) is 0 Å². The van der Waals surface area contributed by atoms with E-state index in [1.165, 1.54) is 18.4 Å². The van der Waals surface area contributed by atoms with E-state index in [0.29, 0.717) is 0 Å². The molecule has 0 aliphatic heterocycles. The van der Waals surface area contributed by atoms with Gasteiger partial charge in [-0.3, -0.25) is 9.69 Å². The first kappa shape index (κ1) is 10.4. The van der Waals surface area contributed by atoms with E-state index in [4.69, 9.17) is 0 Å². The van der Waals surface area contributed by atoms with Crippen LogP contribution in [0.25, 0.3) is 0 Å². The summed E-state index contributed by atoms with van der Waals surface area (Å²) < 4.78 is 0. The number of benzene rings is 1. The van der Waals surface area contributed by atoms with Gasteiger partial charge in [0.2, 0.25) is 0 Å². The first-order valence-corrected chi connectivity index (χ1v) is 5.35. The maximum absolute atomic E-state index is 11.1. The molecule has 0 saturated heterocycles. The largest absolute Gasteiger partial charge is 0.300 e. The molecule has 0 spiro atoms. The molecule has 15 heavy (non-hydrogen) atoms. The van der Waals surface area contributed by atoms with Crippen molar-refractivity contribution in [3.63, 3.8) is 0 Å². The summed E-state index contributed by atoms with van der Waals surface area (Å²) in [5.41, 5.74) is 2.38. The van der Waals surface area contributed by atoms with Crippen molar-refractivity contribution in [1.82, 2.24) is 4.90 Å². The van der Waals surface area contributed by atoms with E-state index in [2.05, 4.69) is 31.1 Å². The zero-order valence-electron chi connectivity index (χ0n) is 9.58. The topological polar surface area (TPSA) is 20.3 Å². The molecule has 2 heteroatoms. The zero-order chi connectivity index (χ0) is 11.1. The molecule has 1 aliphatic rings. The third kappa shape index (κ3) is 1.70. The van der Waals surface area contributed by atoms with Crippen molar-refractivity contribution in [2.75, 3.05) is 14.1 Å². The third-order valence-corrected chi connectivity index (χ3v) is 3.41. The summed E-state index contributed by atoms with van der Waals surface area (Å²) in [7, 11) is 4.23. The molecule has 1 fully saturated rings. The Morgan fingerprint density at radius 1 is 1.20 bits per heavy atom. The van der Waals surface area contributed by atoms with Crippen molar-refractivity contribution in [2.45, 2.75) is 25.3 Å². The van der Waals surface area contributed by atoms with Gasteiger partial charge in [0, 0.05) is 11.1 Å². The van der Waals surface area contributed by atoms with Gasteiger partial charge >= 0.3 is 0 Å². The number of carbonyl (C=O) groups excluding carboxylic acids is 1. The number of rotatable bonds is 3. The highest BCUT2D eigenvalue weighted by atomic mass is 16.1. The molecule has 2 nitrogen and oxygen atoms in total. The van der Waals surface area contributed by atoms with E-state index < -0.39 is 0 Å². The first-order valence-electron chi connectivity index (χ1n) is 5.35. The SMILES string of the molecule is CC(=O)c1ccc(C2(N(C)C)CC2)cc1. The van der Waals surface area contributed by atoms with Gasteiger partial charge in [0.1, 0.15) is 0 Å². The molecule has 0 radical (unpaired) electrons. The van der Waals surface area contributed by atoms with E-state index in [9.17, 15) is 4.79 Å². The fraction of sp³-hybridized carbons (Fsp3) is 0.462. The molecule has 1 aromatic carbocycles. The second-order valence-electron chi connectivity index (χ2n) is 4.56. The number of ketones is 1. The second-order valence-corrected chi connectivity index (χ2v) is 4.56. The van der Waals surface area contributed by atoms with Crippen LogP contribution in [0.15, 0.2) is 24.3 Å². The number of nitrogens with zero attached hydrogens (tertiary/aromatic N) is 1. The van der Waals surface area contributed by atoms with E-state index in [1.807, 2.05) is 12.1 Å². The number of hydrogen-bond donors (Lipinski definition) is 0. The molecular formula is C13H17NO. The lowest BCUT2D eigenvalue weighted by molar-refractivity contribution is 0.101. The third-order valence-electron chi connectivity index (χ3n) is 3.41. The minimum Gasteiger partial charge on any atom is -0.300 e. The van der Waals surface area contributed by atoms with Gasteiger partial charge in [0.15, 0.2) is 5.78 Å². The van der Waals surface area contributed by atoms with Gasteiger partial charge in [0.05, 0.1) is 0 Å². The van der Waals surface area contributed by atoms with Gasteiger partial charge in [0.25, 0.3) is 0 Å². The van der Waals surface area contributed by atoms with Crippen LogP contribution in [0.5, 0.6) is 0 Å². The van der Waals surface area contributed by atoms with Crippen LogP contribution >= 0.6 is 0 Å². The van der Waals surface area contributed by atoms with Gasteiger partial charge in [-0.05, 0) is 39.4 Å². The Balaban J connectivity index is 2.28. The summed E-state index contributed by atoms with van der Waals surface area (Å²) in [6.07, 6.45) is 2.44. The van der Waals surface area contributed by atoms with Crippen LogP contribution in [0.4, 0.5) is 0 Å². The van der Waals surface area contributed by atoms with Crippen LogP contribution < -0.4 is 0 Å². The molecule has 0 bridgehead atoms. The van der Waals surface area contributed by atoms with Crippen molar-refractivity contribution < 1.29 is 4.79 Å². The van der Waals surface area contributed by atoms with Crippen molar-refractivity contribution in [3.05, 3.63) is 35.4 Å². The summed E-state index contributed by atoms with van der Waals surface area (Å²) in [4.78, 5) is 13.4. The Labute approximate surface area is 90.9 Å². The van der Waals surface area contributed by atoms with Crippen LogP contribution in [0.1, 0.15) is 35.7 Å². The highest BCUT2D eigenvalue weighted by molar-refractivity contribution is 5.94.